The number of dihydropyridines is 1. The Hall–Kier alpha value is -3.14. The number of hydrogen-bond acceptors (Lipinski definition) is 4. The molecular formula is C22H19NO3. The van der Waals surface area contributed by atoms with Crippen LogP contribution in [0.2, 0.25) is 0 Å². The fraction of sp³-hybridized carbons (Fsp3) is 0.182. The van der Waals surface area contributed by atoms with Gasteiger partial charge in [-0.25, -0.2) is 4.79 Å². The van der Waals surface area contributed by atoms with Crippen molar-refractivity contribution in [2.24, 2.45) is 0 Å². The van der Waals surface area contributed by atoms with E-state index in [1.807, 2.05) is 62.4 Å². The van der Waals surface area contributed by atoms with Crippen molar-refractivity contribution in [1.29, 1.82) is 0 Å². The van der Waals surface area contributed by atoms with E-state index in [0.717, 1.165) is 22.4 Å². The van der Waals surface area contributed by atoms with Crippen molar-refractivity contribution in [3.05, 3.63) is 87.6 Å². The van der Waals surface area contributed by atoms with Crippen LogP contribution in [0.3, 0.4) is 0 Å². The maximum atomic E-state index is 13.2. The average Bonchev–Trinajstić information content (AvgIpc) is 2.93. The van der Waals surface area contributed by atoms with Gasteiger partial charge in [-0.1, -0.05) is 54.1 Å². The molecule has 4 nitrogen and oxygen atoms in total. The number of esters is 1. The molecule has 4 rings (SSSR count). The second-order valence-electron chi connectivity index (χ2n) is 6.66. The van der Waals surface area contributed by atoms with E-state index < -0.39 is 11.9 Å². The molecule has 1 N–H and O–H groups in total. The standard InChI is InChI=1S/C22H19NO3/c1-12-8-10-14(11-9-12)18-17(22(25)26-3)13(2)23-20-15-6-4-5-7-16(15)21(24)19(18)20/h4-11,18,23H,1-3H3/t18-/m0/s1. The van der Waals surface area contributed by atoms with Crippen LogP contribution in [-0.2, 0) is 9.53 Å². The molecule has 26 heavy (non-hydrogen) atoms. The van der Waals surface area contributed by atoms with E-state index in [0.29, 0.717) is 22.4 Å². The Kier molecular flexibility index (Phi) is 3.76. The predicted octanol–water partition coefficient (Wildman–Crippen LogP) is 3.74. The molecule has 1 aliphatic carbocycles. The summed E-state index contributed by atoms with van der Waals surface area (Å²) in [6.07, 6.45) is 0. The van der Waals surface area contributed by atoms with Crippen LogP contribution in [0, 0.1) is 6.92 Å². The number of fused-ring (bicyclic) bond motifs is 2. The molecule has 0 spiro atoms. The van der Waals surface area contributed by atoms with Crippen molar-refractivity contribution in [3.8, 4) is 0 Å². The minimum Gasteiger partial charge on any atom is -0.466 e. The summed E-state index contributed by atoms with van der Waals surface area (Å²) in [6, 6.07) is 15.5. The number of rotatable bonds is 2. The number of allylic oxidation sites excluding steroid dienone is 2. The van der Waals surface area contributed by atoms with Gasteiger partial charge in [-0.2, -0.15) is 0 Å². The van der Waals surface area contributed by atoms with Gasteiger partial charge in [-0.3, -0.25) is 4.79 Å². The van der Waals surface area contributed by atoms with Gasteiger partial charge < -0.3 is 10.1 Å². The largest absolute Gasteiger partial charge is 0.466 e. The number of hydrogen-bond donors (Lipinski definition) is 1. The lowest BCUT2D eigenvalue weighted by atomic mass is 9.79. The topological polar surface area (TPSA) is 55.4 Å². The van der Waals surface area contributed by atoms with Crippen molar-refractivity contribution < 1.29 is 14.3 Å². The van der Waals surface area contributed by atoms with Crippen LogP contribution in [0.15, 0.2) is 65.4 Å². The highest BCUT2D eigenvalue weighted by atomic mass is 16.5. The maximum Gasteiger partial charge on any atom is 0.336 e. The third kappa shape index (κ3) is 2.30. The zero-order valence-corrected chi connectivity index (χ0v) is 14.9. The number of ether oxygens (including phenoxy) is 1. The zero-order chi connectivity index (χ0) is 18.4. The molecule has 4 heteroatoms. The molecule has 0 saturated carbocycles. The van der Waals surface area contributed by atoms with E-state index in [2.05, 4.69) is 5.32 Å². The number of aryl methyl sites for hydroxylation is 1. The van der Waals surface area contributed by atoms with Crippen LogP contribution in [0.25, 0.3) is 5.70 Å². The quantitative estimate of drug-likeness (QED) is 0.843. The third-order valence-corrected chi connectivity index (χ3v) is 5.06. The number of ketones is 1. The van der Waals surface area contributed by atoms with Crippen molar-refractivity contribution >= 4 is 17.4 Å². The maximum absolute atomic E-state index is 13.2. The Labute approximate surface area is 152 Å². The summed E-state index contributed by atoms with van der Waals surface area (Å²) in [4.78, 5) is 25.7. The molecule has 0 amide bonds. The summed E-state index contributed by atoms with van der Waals surface area (Å²) < 4.78 is 5.03. The summed E-state index contributed by atoms with van der Waals surface area (Å²) >= 11 is 0. The van der Waals surface area contributed by atoms with Crippen LogP contribution in [0.4, 0.5) is 0 Å². The Morgan fingerprint density at radius 2 is 1.65 bits per heavy atom. The molecule has 0 aromatic heterocycles. The van der Waals surface area contributed by atoms with E-state index in [-0.39, 0.29) is 5.78 Å². The van der Waals surface area contributed by atoms with Crippen LogP contribution >= 0.6 is 0 Å². The normalized spacial score (nSPS) is 18.4. The predicted molar refractivity (Wildman–Crippen MR) is 99.5 cm³/mol. The molecule has 0 radical (unpaired) electrons. The summed E-state index contributed by atoms with van der Waals surface area (Å²) in [7, 11) is 1.37. The molecule has 1 aliphatic heterocycles. The van der Waals surface area contributed by atoms with Gasteiger partial charge in [0.1, 0.15) is 0 Å². The Morgan fingerprint density at radius 1 is 1.00 bits per heavy atom. The Bertz CT molecular complexity index is 996. The minimum absolute atomic E-state index is 0.0393. The first-order valence-corrected chi connectivity index (χ1v) is 8.54. The number of methoxy groups -OCH3 is 1. The Morgan fingerprint density at radius 3 is 2.31 bits per heavy atom. The lowest BCUT2D eigenvalue weighted by Crippen LogP contribution is -2.29. The third-order valence-electron chi connectivity index (χ3n) is 5.06. The molecule has 2 aromatic carbocycles. The second kappa shape index (κ2) is 5.99. The molecule has 0 fully saturated rings. The number of carbonyl (C=O) groups excluding carboxylic acids is 2. The van der Waals surface area contributed by atoms with Crippen LogP contribution in [0.5, 0.6) is 0 Å². The molecule has 2 aromatic rings. The monoisotopic (exact) mass is 345 g/mol. The molecule has 1 atom stereocenters. The van der Waals surface area contributed by atoms with Crippen LogP contribution in [0.1, 0.15) is 39.9 Å². The second-order valence-corrected chi connectivity index (χ2v) is 6.66. The number of benzene rings is 2. The van der Waals surface area contributed by atoms with Gasteiger partial charge in [0.25, 0.3) is 0 Å². The highest BCUT2D eigenvalue weighted by Gasteiger charge is 2.42. The van der Waals surface area contributed by atoms with Gasteiger partial charge in [0, 0.05) is 28.3 Å². The van der Waals surface area contributed by atoms with Crippen LogP contribution < -0.4 is 5.32 Å². The lowest BCUT2D eigenvalue weighted by molar-refractivity contribution is -0.136. The summed E-state index contributed by atoms with van der Waals surface area (Å²) in [5.74, 6) is -0.905. The molecule has 1 heterocycles. The fourth-order valence-corrected chi connectivity index (χ4v) is 3.80. The summed E-state index contributed by atoms with van der Waals surface area (Å²) in [5.41, 5.74) is 6.18. The number of nitrogens with one attached hydrogen (secondary N) is 1. The van der Waals surface area contributed by atoms with Gasteiger partial charge in [0.05, 0.1) is 18.4 Å². The first kappa shape index (κ1) is 16.3. The van der Waals surface area contributed by atoms with E-state index in [1.54, 1.807) is 0 Å². The Balaban J connectivity index is 1.95. The molecule has 130 valence electrons. The fourth-order valence-electron chi connectivity index (χ4n) is 3.80. The van der Waals surface area contributed by atoms with Crippen molar-refractivity contribution in [1.82, 2.24) is 5.32 Å². The van der Waals surface area contributed by atoms with Gasteiger partial charge >= 0.3 is 5.97 Å². The lowest BCUT2D eigenvalue weighted by Gasteiger charge is -2.29. The molecular weight excluding hydrogens is 326 g/mol. The summed E-state index contributed by atoms with van der Waals surface area (Å²) in [6.45, 7) is 3.86. The summed E-state index contributed by atoms with van der Waals surface area (Å²) in [5, 5.41) is 3.28. The SMILES string of the molecule is COC(=O)C1=C(C)NC2=C(C(=O)c3ccccc32)[C@H]1c1ccc(C)cc1. The van der Waals surface area contributed by atoms with Gasteiger partial charge in [-0.15, -0.1) is 0 Å². The van der Waals surface area contributed by atoms with E-state index in [9.17, 15) is 9.59 Å². The highest BCUT2D eigenvalue weighted by molar-refractivity contribution is 6.23. The molecule has 0 bridgehead atoms. The molecule has 2 aliphatic rings. The molecule has 0 unspecified atom stereocenters. The zero-order valence-electron chi connectivity index (χ0n) is 14.9. The minimum atomic E-state index is -0.445. The highest BCUT2D eigenvalue weighted by Crippen LogP contribution is 2.46. The van der Waals surface area contributed by atoms with E-state index in [4.69, 9.17) is 4.74 Å². The number of carbonyl (C=O) groups is 2. The first-order chi connectivity index (χ1) is 12.5. The number of Topliss-reactive ketones (excluding diaryl/α,β-unsaturated/α-hetero) is 1. The van der Waals surface area contributed by atoms with E-state index >= 15 is 0 Å². The molecule has 0 saturated heterocycles. The van der Waals surface area contributed by atoms with Crippen LogP contribution in [-0.4, -0.2) is 18.9 Å². The van der Waals surface area contributed by atoms with Gasteiger partial charge in [0.15, 0.2) is 5.78 Å². The van der Waals surface area contributed by atoms with Crippen molar-refractivity contribution in [2.45, 2.75) is 19.8 Å². The first-order valence-electron chi connectivity index (χ1n) is 8.54. The van der Waals surface area contributed by atoms with Crippen molar-refractivity contribution in [3.63, 3.8) is 0 Å². The van der Waals surface area contributed by atoms with Gasteiger partial charge in [0.2, 0.25) is 0 Å². The van der Waals surface area contributed by atoms with Gasteiger partial charge in [-0.05, 0) is 19.4 Å². The van der Waals surface area contributed by atoms with E-state index in [1.165, 1.54) is 7.11 Å². The van der Waals surface area contributed by atoms with Crippen molar-refractivity contribution in [2.75, 3.05) is 7.11 Å². The smallest absolute Gasteiger partial charge is 0.336 e. The average molecular weight is 345 g/mol.